The van der Waals surface area contributed by atoms with Crippen LogP contribution in [0.15, 0.2) is 45.3 Å². The van der Waals surface area contributed by atoms with E-state index in [0.717, 1.165) is 8.95 Å². The third-order valence-electron chi connectivity index (χ3n) is 3.52. The highest BCUT2D eigenvalue weighted by Gasteiger charge is 2.15. The first kappa shape index (κ1) is 15.8. The van der Waals surface area contributed by atoms with Gasteiger partial charge in [0, 0.05) is 8.95 Å². The van der Waals surface area contributed by atoms with E-state index in [4.69, 9.17) is 0 Å². The molecule has 0 unspecified atom stereocenters. The maximum atomic E-state index is 3.60. The van der Waals surface area contributed by atoms with Crippen LogP contribution in [0.5, 0.6) is 0 Å². The number of rotatable bonds is 3. The summed E-state index contributed by atoms with van der Waals surface area (Å²) in [6.45, 7) is 9.04. The highest BCUT2D eigenvalue weighted by Crippen LogP contribution is 2.38. The molecule has 0 saturated carbocycles. The molecular weight excluding hydrogens is 376 g/mol. The van der Waals surface area contributed by atoms with Crippen LogP contribution in [0.3, 0.4) is 0 Å². The maximum Gasteiger partial charge on any atom is 0.0192 e. The Bertz CT molecular complexity index is 566. The van der Waals surface area contributed by atoms with Crippen molar-refractivity contribution in [3.8, 4) is 11.1 Å². The average molecular weight is 396 g/mol. The van der Waals surface area contributed by atoms with E-state index < -0.39 is 0 Å². The van der Waals surface area contributed by atoms with Crippen molar-refractivity contribution in [3.63, 3.8) is 0 Å². The molecule has 20 heavy (non-hydrogen) atoms. The predicted molar refractivity (Wildman–Crippen MR) is 95.5 cm³/mol. The van der Waals surface area contributed by atoms with E-state index in [9.17, 15) is 0 Å². The molecule has 0 radical (unpaired) electrons. The first-order valence-electron chi connectivity index (χ1n) is 6.99. The van der Waals surface area contributed by atoms with Crippen molar-refractivity contribution in [2.45, 2.75) is 39.5 Å². The lowest BCUT2D eigenvalue weighted by Crippen LogP contribution is -1.99. The fourth-order valence-electron chi connectivity index (χ4n) is 2.58. The Morgan fingerprint density at radius 1 is 0.750 bits per heavy atom. The predicted octanol–water partition coefficient (Wildman–Crippen LogP) is 7.13. The summed E-state index contributed by atoms with van der Waals surface area (Å²) in [5, 5.41) is 0. The Balaban J connectivity index is 2.75. The Morgan fingerprint density at radius 3 is 1.60 bits per heavy atom. The molecule has 0 spiro atoms. The molecular formula is C18H20Br2. The van der Waals surface area contributed by atoms with E-state index in [-0.39, 0.29) is 0 Å². The monoisotopic (exact) mass is 394 g/mol. The van der Waals surface area contributed by atoms with Gasteiger partial charge in [0.1, 0.15) is 0 Å². The van der Waals surface area contributed by atoms with E-state index in [1.807, 2.05) is 0 Å². The molecule has 2 aromatic carbocycles. The van der Waals surface area contributed by atoms with Crippen molar-refractivity contribution in [2.75, 3.05) is 0 Å². The van der Waals surface area contributed by atoms with E-state index in [0.29, 0.717) is 11.8 Å². The molecule has 0 nitrogen and oxygen atoms in total. The van der Waals surface area contributed by atoms with Gasteiger partial charge in [0.25, 0.3) is 0 Å². The van der Waals surface area contributed by atoms with E-state index >= 15 is 0 Å². The van der Waals surface area contributed by atoms with Gasteiger partial charge in [-0.15, -0.1) is 0 Å². The lowest BCUT2D eigenvalue weighted by molar-refractivity contribution is 0.838. The zero-order valence-corrected chi connectivity index (χ0v) is 15.5. The highest BCUT2D eigenvalue weighted by molar-refractivity contribution is 9.11. The summed E-state index contributed by atoms with van der Waals surface area (Å²) in [4.78, 5) is 0. The van der Waals surface area contributed by atoms with Crippen LogP contribution < -0.4 is 0 Å². The van der Waals surface area contributed by atoms with E-state index in [1.54, 1.807) is 0 Å². The zero-order chi connectivity index (χ0) is 14.9. The fourth-order valence-corrected chi connectivity index (χ4v) is 3.88. The standard InChI is InChI=1S/C18H20Br2/c1-11(2)16-6-5-7-17(12(3)4)18(16)13-8-14(19)10-15(20)9-13/h5-12H,1-4H3. The first-order valence-corrected chi connectivity index (χ1v) is 8.58. The van der Waals surface area contributed by atoms with Crippen molar-refractivity contribution in [1.29, 1.82) is 0 Å². The van der Waals surface area contributed by atoms with Gasteiger partial charge in [-0.3, -0.25) is 0 Å². The van der Waals surface area contributed by atoms with Gasteiger partial charge in [-0.1, -0.05) is 77.8 Å². The summed E-state index contributed by atoms with van der Waals surface area (Å²) in [5.41, 5.74) is 5.50. The van der Waals surface area contributed by atoms with Crippen LogP contribution in [0.25, 0.3) is 11.1 Å². The summed E-state index contributed by atoms with van der Waals surface area (Å²) in [7, 11) is 0. The molecule has 2 aromatic rings. The Morgan fingerprint density at radius 2 is 1.20 bits per heavy atom. The molecule has 2 heteroatoms. The minimum Gasteiger partial charge on any atom is -0.0617 e. The minimum atomic E-state index is 0.515. The summed E-state index contributed by atoms with van der Waals surface area (Å²) in [5.74, 6) is 1.03. The van der Waals surface area contributed by atoms with E-state index in [1.165, 1.54) is 22.3 Å². The van der Waals surface area contributed by atoms with Crippen LogP contribution >= 0.6 is 31.9 Å². The molecule has 0 aliphatic heterocycles. The van der Waals surface area contributed by atoms with Crippen LogP contribution in [-0.4, -0.2) is 0 Å². The van der Waals surface area contributed by atoms with Crippen LogP contribution in [0.4, 0.5) is 0 Å². The molecule has 106 valence electrons. The van der Waals surface area contributed by atoms with Gasteiger partial charge < -0.3 is 0 Å². The molecule has 0 fully saturated rings. The van der Waals surface area contributed by atoms with Crippen molar-refractivity contribution >= 4 is 31.9 Å². The van der Waals surface area contributed by atoms with Gasteiger partial charge in [-0.05, 0) is 52.3 Å². The highest BCUT2D eigenvalue weighted by atomic mass is 79.9. The maximum absolute atomic E-state index is 3.60. The third-order valence-corrected chi connectivity index (χ3v) is 4.44. The summed E-state index contributed by atoms with van der Waals surface area (Å²) >= 11 is 7.21. The molecule has 0 bridgehead atoms. The summed E-state index contributed by atoms with van der Waals surface area (Å²) < 4.78 is 2.21. The first-order chi connectivity index (χ1) is 9.40. The molecule has 0 amide bonds. The van der Waals surface area contributed by atoms with Crippen molar-refractivity contribution in [2.24, 2.45) is 0 Å². The molecule has 0 aromatic heterocycles. The second-order valence-corrected chi connectivity index (χ2v) is 7.61. The molecule has 0 heterocycles. The molecule has 2 rings (SSSR count). The largest absolute Gasteiger partial charge is 0.0617 e. The Labute approximate surface area is 138 Å². The SMILES string of the molecule is CC(C)c1cccc(C(C)C)c1-c1cc(Br)cc(Br)c1. The van der Waals surface area contributed by atoms with Crippen LogP contribution in [0.2, 0.25) is 0 Å². The topological polar surface area (TPSA) is 0 Å². The number of benzene rings is 2. The van der Waals surface area contributed by atoms with Crippen LogP contribution in [0, 0.1) is 0 Å². The second kappa shape index (κ2) is 6.44. The summed E-state index contributed by atoms with van der Waals surface area (Å²) in [6.07, 6.45) is 0. The second-order valence-electron chi connectivity index (χ2n) is 5.78. The zero-order valence-electron chi connectivity index (χ0n) is 12.4. The smallest absolute Gasteiger partial charge is 0.0192 e. The minimum absolute atomic E-state index is 0.515. The van der Waals surface area contributed by atoms with Crippen LogP contribution in [-0.2, 0) is 0 Å². The van der Waals surface area contributed by atoms with Gasteiger partial charge >= 0.3 is 0 Å². The summed E-state index contributed by atoms with van der Waals surface area (Å²) in [6, 6.07) is 13.2. The van der Waals surface area contributed by atoms with Gasteiger partial charge in [0.05, 0.1) is 0 Å². The molecule has 0 aliphatic carbocycles. The van der Waals surface area contributed by atoms with Crippen LogP contribution in [0.1, 0.15) is 50.7 Å². The average Bonchev–Trinajstić information content (AvgIpc) is 2.36. The number of halogens is 2. The van der Waals surface area contributed by atoms with Gasteiger partial charge in [-0.2, -0.15) is 0 Å². The Kier molecular flexibility index (Phi) is 5.09. The molecule has 0 saturated heterocycles. The van der Waals surface area contributed by atoms with Gasteiger partial charge in [-0.25, -0.2) is 0 Å². The number of hydrogen-bond acceptors (Lipinski definition) is 0. The fraction of sp³-hybridized carbons (Fsp3) is 0.333. The number of hydrogen-bond donors (Lipinski definition) is 0. The van der Waals surface area contributed by atoms with Crippen molar-refractivity contribution in [1.82, 2.24) is 0 Å². The molecule has 0 N–H and O–H groups in total. The molecule has 0 aliphatic rings. The third kappa shape index (κ3) is 3.35. The van der Waals surface area contributed by atoms with E-state index in [2.05, 4.69) is 96.0 Å². The van der Waals surface area contributed by atoms with Crippen molar-refractivity contribution < 1.29 is 0 Å². The quantitative estimate of drug-likeness (QED) is 0.518. The molecule has 0 atom stereocenters. The lowest BCUT2D eigenvalue weighted by atomic mass is 9.85. The lowest BCUT2D eigenvalue weighted by Gasteiger charge is -2.20. The van der Waals surface area contributed by atoms with Gasteiger partial charge in [0.15, 0.2) is 0 Å². The van der Waals surface area contributed by atoms with Crippen molar-refractivity contribution in [3.05, 3.63) is 56.5 Å². The normalized spacial score (nSPS) is 11.4. The van der Waals surface area contributed by atoms with Gasteiger partial charge in [0.2, 0.25) is 0 Å². The Hall–Kier alpha value is -0.600.